The lowest BCUT2D eigenvalue weighted by Gasteiger charge is -2.38. The van der Waals surface area contributed by atoms with E-state index in [1.807, 2.05) is 25.5 Å². The molecule has 1 heterocycles. The van der Waals surface area contributed by atoms with Crippen molar-refractivity contribution in [3.63, 3.8) is 0 Å². The maximum Gasteiger partial charge on any atom is 0.128 e. The zero-order valence-electron chi connectivity index (χ0n) is 10.5. The van der Waals surface area contributed by atoms with Gasteiger partial charge in [-0.3, -0.25) is 0 Å². The van der Waals surface area contributed by atoms with Crippen molar-refractivity contribution in [2.24, 2.45) is 7.05 Å². The maximum atomic E-state index is 9.98. The predicted octanol–water partition coefficient (Wildman–Crippen LogP) is 1.71. The average Bonchev–Trinajstić information content (AvgIpc) is 2.43. The molecular weight excluding hydrogens is 226 g/mol. The van der Waals surface area contributed by atoms with Crippen molar-refractivity contribution in [2.75, 3.05) is 0 Å². The molecule has 2 N–H and O–H groups in total. The number of imidazole rings is 1. The third-order valence-corrected chi connectivity index (χ3v) is 3.60. The Morgan fingerprint density at radius 1 is 1.44 bits per heavy atom. The van der Waals surface area contributed by atoms with Crippen LogP contribution in [0.5, 0.6) is 0 Å². The monoisotopic (exact) mass is 245 g/mol. The first kappa shape index (κ1) is 13.5. The topological polar surface area (TPSA) is 50.1 Å². The molecule has 0 unspecified atom stereocenters. The van der Waals surface area contributed by atoms with Gasteiger partial charge in [-0.25, -0.2) is 4.98 Å². The van der Waals surface area contributed by atoms with Gasteiger partial charge in [0.05, 0.1) is 18.3 Å². The van der Waals surface area contributed by atoms with Crippen LogP contribution in [0.3, 0.4) is 0 Å². The quantitative estimate of drug-likeness (QED) is 0.849. The van der Waals surface area contributed by atoms with E-state index in [0.29, 0.717) is 11.7 Å². The Balaban J connectivity index is 2.69. The van der Waals surface area contributed by atoms with Crippen molar-refractivity contribution < 1.29 is 5.11 Å². The normalized spacial score (nSPS) is 13.2. The Morgan fingerprint density at radius 2 is 2.00 bits per heavy atom. The van der Waals surface area contributed by atoms with Crippen LogP contribution in [0.4, 0.5) is 0 Å². The number of nitrogens with zero attached hydrogens (tertiary/aromatic N) is 2. The standard InChI is InChI=1S/C11H20ClN3O/c1-10(2,11(3,4)16)14-7-9-13-6-8(12)15(9)5/h6,14,16H,7H2,1-5H3. The van der Waals surface area contributed by atoms with E-state index in [0.717, 1.165) is 5.82 Å². The van der Waals surface area contributed by atoms with E-state index in [4.69, 9.17) is 11.6 Å². The molecule has 0 aliphatic rings. The summed E-state index contributed by atoms with van der Waals surface area (Å²) < 4.78 is 1.81. The molecule has 1 aromatic rings. The molecule has 0 aromatic carbocycles. The van der Waals surface area contributed by atoms with Gasteiger partial charge in [-0.1, -0.05) is 11.6 Å². The van der Waals surface area contributed by atoms with E-state index in [1.54, 1.807) is 20.0 Å². The maximum absolute atomic E-state index is 9.98. The van der Waals surface area contributed by atoms with Crippen LogP contribution in [-0.2, 0) is 13.6 Å². The third-order valence-electron chi connectivity index (χ3n) is 3.25. The Hall–Kier alpha value is -0.580. The van der Waals surface area contributed by atoms with Crippen LogP contribution < -0.4 is 5.32 Å². The summed E-state index contributed by atoms with van der Waals surface area (Å²) in [6, 6.07) is 0. The van der Waals surface area contributed by atoms with Crippen LogP contribution in [0.25, 0.3) is 0 Å². The lowest BCUT2D eigenvalue weighted by Crippen LogP contribution is -2.55. The lowest BCUT2D eigenvalue weighted by atomic mass is 9.86. The minimum Gasteiger partial charge on any atom is -0.389 e. The summed E-state index contributed by atoms with van der Waals surface area (Å²) in [7, 11) is 1.86. The highest BCUT2D eigenvalue weighted by Gasteiger charge is 2.34. The fourth-order valence-electron chi connectivity index (χ4n) is 1.10. The van der Waals surface area contributed by atoms with Crippen molar-refractivity contribution in [3.05, 3.63) is 17.2 Å². The van der Waals surface area contributed by atoms with Gasteiger partial charge in [0.1, 0.15) is 11.0 Å². The number of nitrogens with one attached hydrogen (secondary N) is 1. The second kappa shape index (κ2) is 4.35. The van der Waals surface area contributed by atoms with Crippen molar-refractivity contribution in [3.8, 4) is 0 Å². The molecule has 5 heteroatoms. The molecule has 16 heavy (non-hydrogen) atoms. The summed E-state index contributed by atoms with van der Waals surface area (Å²) in [5.74, 6) is 0.849. The molecule has 0 atom stereocenters. The molecule has 0 amide bonds. The zero-order chi connectivity index (χ0) is 12.6. The Morgan fingerprint density at radius 3 is 2.38 bits per heavy atom. The van der Waals surface area contributed by atoms with Crippen molar-refractivity contribution in [1.29, 1.82) is 0 Å². The molecule has 0 aliphatic heterocycles. The summed E-state index contributed by atoms with van der Waals surface area (Å²) >= 11 is 5.89. The van der Waals surface area contributed by atoms with E-state index in [1.165, 1.54) is 0 Å². The molecule has 0 bridgehead atoms. The largest absolute Gasteiger partial charge is 0.389 e. The van der Waals surface area contributed by atoms with Gasteiger partial charge in [0.15, 0.2) is 0 Å². The summed E-state index contributed by atoms with van der Waals surface area (Å²) in [6.07, 6.45) is 1.62. The van der Waals surface area contributed by atoms with Crippen LogP contribution in [0.1, 0.15) is 33.5 Å². The molecule has 1 aromatic heterocycles. The van der Waals surface area contributed by atoms with Gasteiger partial charge in [-0.15, -0.1) is 0 Å². The first-order valence-corrected chi connectivity index (χ1v) is 5.66. The van der Waals surface area contributed by atoms with Gasteiger partial charge < -0.3 is 15.0 Å². The first-order chi connectivity index (χ1) is 7.15. The molecule has 0 saturated carbocycles. The molecule has 0 radical (unpaired) electrons. The number of aromatic nitrogens is 2. The molecule has 92 valence electrons. The van der Waals surface area contributed by atoms with Crippen molar-refractivity contribution >= 4 is 11.6 Å². The van der Waals surface area contributed by atoms with Crippen LogP contribution in [0.2, 0.25) is 5.15 Å². The average molecular weight is 246 g/mol. The summed E-state index contributed by atoms with van der Waals surface area (Å²) in [6.45, 7) is 8.05. The molecule has 0 spiro atoms. The van der Waals surface area contributed by atoms with Gasteiger partial charge in [0.2, 0.25) is 0 Å². The highest BCUT2D eigenvalue weighted by molar-refractivity contribution is 6.29. The summed E-state index contributed by atoms with van der Waals surface area (Å²) in [4.78, 5) is 4.19. The third kappa shape index (κ3) is 2.75. The molecule has 4 nitrogen and oxygen atoms in total. The van der Waals surface area contributed by atoms with Crippen molar-refractivity contribution in [2.45, 2.75) is 45.4 Å². The fraction of sp³-hybridized carbons (Fsp3) is 0.727. The minimum atomic E-state index is -0.804. The Labute approximate surface area is 102 Å². The van der Waals surface area contributed by atoms with E-state index in [-0.39, 0.29) is 0 Å². The number of aliphatic hydroxyl groups is 1. The fourth-order valence-corrected chi connectivity index (χ4v) is 1.25. The second-order valence-electron chi connectivity index (χ2n) is 5.09. The van der Waals surface area contributed by atoms with Crippen LogP contribution in [-0.4, -0.2) is 25.8 Å². The van der Waals surface area contributed by atoms with Crippen LogP contribution in [0.15, 0.2) is 6.20 Å². The van der Waals surface area contributed by atoms with E-state index < -0.39 is 11.1 Å². The highest BCUT2D eigenvalue weighted by Crippen LogP contribution is 2.21. The molecule has 0 aliphatic carbocycles. The zero-order valence-corrected chi connectivity index (χ0v) is 11.3. The van der Waals surface area contributed by atoms with Crippen molar-refractivity contribution in [1.82, 2.24) is 14.9 Å². The number of rotatable bonds is 4. The molecule has 0 fully saturated rings. The van der Waals surface area contributed by atoms with Gasteiger partial charge in [0.25, 0.3) is 0 Å². The van der Waals surface area contributed by atoms with Crippen LogP contribution in [0, 0.1) is 0 Å². The van der Waals surface area contributed by atoms with E-state index in [2.05, 4.69) is 10.3 Å². The van der Waals surface area contributed by atoms with E-state index >= 15 is 0 Å². The van der Waals surface area contributed by atoms with Gasteiger partial charge in [0, 0.05) is 12.6 Å². The SMILES string of the molecule is Cn1c(Cl)cnc1CNC(C)(C)C(C)(C)O. The first-order valence-electron chi connectivity index (χ1n) is 5.28. The minimum absolute atomic E-state index is 0.397. The predicted molar refractivity (Wildman–Crippen MR) is 65.4 cm³/mol. The number of hydrogen-bond donors (Lipinski definition) is 2. The van der Waals surface area contributed by atoms with Crippen LogP contribution >= 0.6 is 11.6 Å². The smallest absolute Gasteiger partial charge is 0.128 e. The van der Waals surface area contributed by atoms with Gasteiger partial charge >= 0.3 is 0 Å². The molecule has 1 rings (SSSR count). The lowest BCUT2D eigenvalue weighted by molar-refractivity contribution is -0.00569. The summed E-state index contributed by atoms with van der Waals surface area (Å²) in [5.41, 5.74) is -1.20. The van der Waals surface area contributed by atoms with Gasteiger partial charge in [-0.2, -0.15) is 0 Å². The summed E-state index contributed by atoms with van der Waals surface area (Å²) in [5, 5.41) is 13.9. The van der Waals surface area contributed by atoms with E-state index in [9.17, 15) is 5.11 Å². The molecule has 0 saturated heterocycles. The van der Waals surface area contributed by atoms with Gasteiger partial charge in [-0.05, 0) is 27.7 Å². The highest BCUT2D eigenvalue weighted by atomic mass is 35.5. The second-order valence-corrected chi connectivity index (χ2v) is 5.48. The molecular formula is C11H20ClN3O. The Bertz CT molecular complexity index is 366. The number of halogens is 1. The number of hydrogen-bond acceptors (Lipinski definition) is 3. The Kier molecular flexibility index (Phi) is 3.67.